The summed E-state index contributed by atoms with van der Waals surface area (Å²) in [6, 6.07) is 3.15. The van der Waals surface area contributed by atoms with Crippen molar-refractivity contribution in [1.29, 1.82) is 0 Å². The fraction of sp³-hybridized carbons (Fsp3) is 0.450. The summed E-state index contributed by atoms with van der Waals surface area (Å²) in [4.78, 5) is 41.7. The molecule has 0 radical (unpaired) electrons. The lowest BCUT2D eigenvalue weighted by Gasteiger charge is -2.55. The summed E-state index contributed by atoms with van der Waals surface area (Å²) in [7, 11) is 0. The number of ketones is 1. The van der Waals surface area contributed by atoms with E-state index in [1.165, 1.54) is 6.33 Å². The highest BCUT2D eigenvalue weighted by Gasteiger charge is 2.49. The number of aromatic nitrogens is 3. The van der Waals surface area contributed by atoms with Crippen molar-refractivity contribution in [3.05, 3.63) is 42.2 Å². The van der Waals surface area contributed by atoms with Gasteiger partial charge in [0, 0.05) is 25.8 Å². The van der Waals surface area contributed by atoms with E-state index in [4.69, 9.17) is 4.74 Å². The van der Waals surface area contributed by atoms with Gasteiger partial charge in [0.05, 0.1) is 54.5 Å². The highest BCUT2D eigenvalue weighted by atomic mass is 16.5. The van der Waals surface area contributed by atoms with Crippen LogP contribution in [0.25, 0.3) is 0 Å². The van der Waals surface area contributed by atoms with E-state index in [0.717, 1.165) is 37.7 Å². The number of carbonyl (C=O) groups is 2. The number of nitrogens with zero attached hydrogens (tertiary/aromatic N) is 5. The second-order valence-electron chi connectivity index (χ2n) is 8.02. The maximum absolute atomic E-state index is 12.9. The van der Waals surface area contributed by atoms with Crippen LogP contribution in [-0.2, 0) is 16.1 Å². The Hall–Kier alpha value is -2.91. The first-order valence-electron chi connectivity index (χ1n) is 9.71. The lowest BCUT2D eigenvalue weighted by Crippen LogP contribution is -2.66. The molecule has 29 heavy (non-hydrogen) atoms. The van der Waals surface area contributed by atoms with Crippen LogP contribution in [0.5, 0.6) is 0 Å². The van der Waals surface area contributed by atoms with E-state index >= 15 is 0 Å². The van der Waals surface area contributed by atoms with Crippen LogP contribution in [0.2, 0.25) is 0 Å². The average Bonchev–Trinajstić information content (AvgIpc) is 2.91. The highest BCUT2D eigenvalue weighted by Crippen LogP contribution is 2.42. The Balaban J connectivity index is 1.30. The van der Waals surface area contributed by atoms with Crippen LogP contribution in [0.4, 0.5) is 11.4 Å². The van der Waals surface area contributed by atoms with Gasteiger partial charge in [-0.1, -0.05) is 0 Å². The van der Waals surface area contributed by atoms with Crippen molar-refractivity contribution >= 4 is 23.1 Å². The van der Waals surface area contributed by atoms with E-state index in [2.05, 4.69) is 25.2 Å². The summed E-state index contributed by atoms with van der Waals surface area (Å²) < 4.78 is 5.33. The van der Waals surface area contributed by atoms with Gasteiger partial charge in [0.25, 0.3) is 0 Å². The number of anilines is 2. The molecule has 0 saturated carbocycles. The number of Topliss-reactive ketones (excluding diaryl/α,β-unsaturated/α-hetero) is 1. The normalized spacial score (nSPS) is 21.7. The van der Waals surface area contributed by atoms with E-state index in [0.29, 0.717) is 17.9 Å². The van der Waals surface area contributed by atoms with Crippen molar-refractivity contribution < 1.29 is 14.3 Å². The van der Waals surface area contributed by atoms with Crippen LogP contribution in [0.1, 0.15) is 23.1 Å². The van der Waals surface area contributed by atoms with Gasteiger partial charge < -0.3 is 15.0 Å². The second kappa shape index (κ2) is 6.85. The fourth-order valence-corrected chi connectivity index (χ4v) is 4.19. The topological polar surface area (TPSA) is 101 Å². The molecule has 2 aromatic rings. The molecule has 3 aliphatic rings. The van der Waals surface area contributed by atoms with Crippen molar-refractivity contribution in [3.63, 3.8) is 0 Å². The third kappa shape index (κ3) is 3.06. The van der Waals surface area contributed by atoms with Gasteiger partial charge in [0.2, 0.25) is 11.7 Å². The van der Waals surface area contributed by atoms with Crippen molar-refractivity contribution in [2.75, 3.05) is 42.6 Å². The summed E-state index contributed by atoms with van der Waals surface area (Å²) in [5.74, 6) is -0.284. The van der Waals surface area contributed by atoms with Crippen molar-refractivity contribution in [3.8, 4) is 0 Å². The zero-order valence-electron chi connectivity index (χ0n) is 16.2. The van der Waals surface area contributed by atoms with E-state index in [9.17, 15) is 9.59 Å². The van der Waals surface area contributed by atoms with Gasteiger partial charge in [-0.3, -0.25) is 14.5 Å². The monoisotopic (exact) mass is 394 g/mol. The Kier molecular flexibility index (Phi) is 4.29. The minimum absolute atomic E-state index is 0.107. The zero-order valence-corrected chi connectivity index (χ0v) is 16.2. The molecule has 0 aliphatic carbocycles. The molecule has 2 saturated heterocycles. The van der Waals surface area contributed by atoms with Gasteiger partial charge >= 0.3 is 0 Å². The molecule has 1 atom stereocenters. The largest absolute Gasteiger partial charge is 0.380 e. The lowest BCUT2D eigenvalue weighted by atomic mass is 9.78. The molecule has 3 aliphatic heterocycles. The molecule has 150 valence electrons. The first-order valence-corrected chi connectivity index (χ1v) is 9.71. The Morgan fingerprint density at radius 1 is 1.34 bits per heavy atom. The van der Waals surface area contributed by atoms with Crippen LogP contribution in [0.15, 0.2) is 30.9 Å². The number of hydrogen-bond donors (Lipinski definition) is 1. The number of fused-ring (bicyclic) bond motifs is 1. The summed E-state index contributed by atoms with van der Waals surface area (Å²) in [5, 5.41) is 3.09. The minimum Gasteiger partial charge on any atom is -0.380 e. The fourth-order valence-electron chi connectivity index (χ4n) is 4.19. The van der Waals surface area contributed by atoms with Gasteiger partial charge in [-0.2, -0.15) is 0 Å². The number of rotatable bonds is 5. The zero-order chi connectivity index (χ0) is 20.0. The lowest BCUT2D eigenvalue weighted by molar-refractivity contribution is -0.127. The maximum Gasteiger partial charge on any atom is 0.241 e. The molecule has 1 amide bonds. The molecule has 9 nitrogen and oxygen atoms in total. The Morgan fingerprint density at radius 2 is 2.17 bits per heavy atom. The van der Waals surface area contributed by atoms with E-state index in [1.54, 1.807) is 30.3 Å². The maximum atomic E-state index is 12.9. The molecule has 1 spiro atoms. The van der Waals surface area contributed by atoms with Gasteiger partial charge in [0.1, 0.15) is 12.0 Å². The van der Waals surface area contributed by atoms with E-state index in [-0.39, 0.29) is 23.7 Å². The first-order chi connectivity index (χ1) is 14.1. The molecular weight excluding hydrogens is 372 g/mol. The SMILES string of the molecule is CC1C(=O)c2ncc(N3CC4(COC4)C3)cc2N1C(=O)CNCc1ccncn1. The highest BCUT2D eigenvalue weighted by molar-refractivity contribution is 6.17. The van der Waals surface area contributed by atoms with Gasteiger partial charge in [-0.15, -0.1) is 0 Å². The van der Waals surface area contributed by atoms with Gasteiger partial charge in [-0.25, -0.2) is 15.0 Å². The number of amides is 1. The third-order valence-electron chi connectivity index (χ3n) is 5.84. The molecular formula is C20H22N6O3. The second-order valence-corrected chi connectivity index (χ2v) is 8.02. The van der Waals surface area contributed by atoms with Crippen LogP contribution < -0.4 is 15.1 Å². The molecule has 2 aromatic heterocycles. The van der Waals surface area contributed by atoms with Gasteiger partial charge in [0.15, 0.2) is 0 Å². The molecule has 5 rings (SSSR count). The van der Waals surface area contributed by atoms with Crippen LogP contribution in [-0.4, -0.2) is 65.5 Å². The predicted octanol–water partition coefficient (Wildman–Crippen LogP) is 0.416. The quantitative estimate of drug-likeness (QED) is 0.779. The minimum atomic E-state index is -0.552. The van der Waals surface area contributed by atoms with E-state index < -0.39 is 6.04 Å². The smallest absolute Gasteiger partial charge is 0.241 e. The Morgan fingerprint density at radius 3 is 2.86 bits per heavy atom. The molecule has 9 heteroatoms. The summed E-state index contributed by atoms with van der Waals surface area (Å²) in [5.41, 5.74) is 2.99. The molecule has 1 unspecified atom stereocenters. The molecule has 5 heterocycles. The predicted molar refractivity (Wildman–Crippen MR) is 105 cm³/mol. The summed E-state index contributed by atoms with van der Waals surface area (Å²) in [6.45, 7) is 5.76. The molecule has 2 fully saturated rings. The number of pyridine rings is 1. The average molecular weight is 394 g/mol. The summed E-state index contributed by atoms with van der Waals surface area (Å²) >= 11 is 0. The third-order valence-corrected chi connectivity index (χ3v) is 5.84. The molecule has 0 aromatic carbocycles. The Labute approximate surface area is 168 Å². The van der Waals surface area contributed by atoms with Crippen molar-refractivity contribution in [1.82, 2.24) is 20.3 Å². The first kappa shape index (κ1) is 18.1. The van der Waals surface area contributed by atoms with Crippen LogP contribution in [0, 0.1) is 5.41 Å². The molecule has 1 N–H and O–H groups in total. The Bertz CT molecular complexity index is 954. The number of nitrogens with one attached hydrogen (secondary N) is 1. The number of carbonyl (C=O) groups excluding carboxylic acids is 2. The van der Waals surface area contributed by atoms with Crippen molar-refractivity contribution in [2.45, 2.75) is 19.5 Å². The summed E-state index contributed by atoms with van der Waals surface area (Å²) in [6.07, 6.45) is 4.86. The standard InChI is InChI=1S/C20H22N6O3/c1-13-19(28)18-16(4-15(6-23-18)25-8-20(9-25)10-29-11-20)26(13)17(27)7-22-5-14-2-3-21-12-24-14/h2-4,6,12-13,22H,5,7-11H2,1H3. The van der Waals surface area contributed by atoms with Crippen LogP contribution >= 0.6 is 0 Å². The molecule has 0 bridgehead atoms. The number of ether oxygens (including phenoxy) is 1. The number of hydrogen-bond acceptors (Lipinski definition) is 8. The van der Waals surface area contributed by atoms with Crippen LogP contribution in [0.3, 0.4) is 0 Å². The van der Waals surface area contributed by atoms with Gasteiger partial charge in [-0.05, 0) is 19.1 Å². The van der Waals surface area contributed by atoms with E-state index in [1.807, 2.05) is 6.07 Å². The van der Waals surface area contributed by atoms with Crippen molar-refractivity contribution in [2.24, 2.45) is 5.41 Å².